The summed E-state index contributed by atoms with van der Waals surface area (Å²) in [5.74, 6) is 1.63. The normalized spacial score (nSPS) is 28.2. The first-order valence-electron chi connectivity index (χ1n) is 6.54. The average molecular weight is 236 g/mol. The third-order valence-corrected chi connectivity index (χ3v) is 3.86. The Hall–Kier alpha value is -0.900. The van der Waals surface area contributed by atoms with Crippen molar-refractivity contribution in [3.63, 3.8) is 0 Å². The van der Waals surface area contributed by atoms with Crippen molar-refractivity contribution in [1.82, 2.24) is 20.1 Å². The number of rotatable bonds is 3. The molecule has 0 saturated heterocycles. The molecule has 1 aromatic heterocycles. The van der Waals surface area contributed by atoms with Crippen molar-refractivity contribution in [3.05, 3.63) is 12.2 Å². The van der Waals surface area contributed by atoms with E-state index in [0.717, 1.165) is 18.3 Å². The maximum atomic E-state index is 4.29. The van der Waals surface area contributed by atoms with Crippen LogP contribution in [0.1, 0.15) is 45.9 Å². The summed E-state index contributed by atoms with van der Waals surface area (Å²) in [5, 5.41) is 7.89. The van der Waals surface area contributed by atoms with Crippen LogP contribution in [0.15, 0.2) is 6.33 Å². The van der Waals surface area contributed by atoms with Gasteiger partial charge in [0.25, 0.3) is 0 Å². The SMILES string of the molecule is CC1CC(C)(C)CCC1NCc1ncn(C)n1. The molecule has 0 amide bonds. The highest BCUT2D eigenvalue weighted by atomic mass is 15.3. The van der Waals surface area contributed by atoms with Gasteiger partial charge in [-0.25, -0.2) is 4.98 Å². The highest BCUT2D eigenvalue weighted by Gasteiger charge is 2.31. The van der Waals surface area contributed by atoms with E-state index in [4.69, 9.17) is 0 Å². The Balaban J connectivity index is 1.84. The zero-order chi connectivity index (χ0) is 12.5. The molecule has 1 aliphatic carbocycles. The third-order valence-electron chi connectivity index (χ3n) is 3.86. The molecular formula is C13H24N4. The van der Waals surface area contributed by atoms with Gasteiger partial charge in [-0.05, 0) is 30.6 Å². The maximum absolute atomic E-state index is 4.29. The van der Waals surface area contributed by atoms with Crippen LogP contribution in [0.25, 0.3) is 0 Å². The van der Waals surface area contributed by atoms with Gasteiger partial charge in [0, 0.05) is 13.1 Å². The number of hydrogen-bond acceptors (Lipinski definition) is 3. The summed E-state index contributed by atoms with van der Waals surface area (Å²) in [6, 6.07) is 0.617. The molecule has 2 rings (SSSR count). The van der Waals surface area contributed by atoms with Crippen LogP contribution >= 0.6 is 0 Å². The van der Waals surface area contributed by atoms with Crippen LogP contribution in [-0.2, 0) is 13.6 Å². The van der Waals surface area contributed by atoms with Crippen LogP contribution in [0.2, 0.25) is 0 Å². The van der Waals surface area contributed by atoms with E-state index in [1.165, 1.54) is 19.3 Å². The fraction of sp³-hybridized carbons (Fsp3) is 0.846. The van der Waals surface area contributed by atoms with Gasteiger partial charge in [-0.15, -0.1) is 0 Å². The van der Waals surface area contributed by atoms with Crippen LogP contribution in [-0.4, -0.2) is 20.8 Å². The van der Waals surface area contributed by atoms with Crippen LogP contribution < -0.4 is 5.32 Å². The lowest BCUT2D eigenvalue weighted by atomic mass is 9.70. The monoisotopic (exact) mass is 236 g/mol. The molecule has 1 N–H and O–H groups in total. The number of hydrogen-bond donors (Lipinski definition) is 1. The molecular weight excluding hydrogens is 212 g/mol. The van der Waals surface area contributed by atoms with E-state index in [-0.39, 0.29) is 0 Å². The van der Waals surface area contributed by atoms with Gasteiger partial charge in [-0.2, -0.15) is 5.10 Å². The zero-order valence-electron chi connectivity index (χ0n) is 11.4. The number of nitrogens with zero attached hydrogens (tertiary/aromatic N) is 3. The first-order valence-corrected chi connectivity index (χ1v) is 6.54. The predicted octanol–water partition coefficient (Wildman–Crippen LogP) is 2.12. The van der Waals surface area contributed by atoms with E-state index in [2.05, 4.69) is 36.2 Å². The van der Waals surface area contributed by atoms with Crippen LogP contribution in [0.4, 0.5) is 0 Å². The molecule has 1 heterocycles. The lowest BCUT2D eigenvalue weighted by Crippen LogP contribution is -2.41. The average Bonchev–Trinajstić information content (AvgIpc) is 2.62. The molecule has 1 saturated carbocycles. The molecule has 0 aromatic carbocycles. The second-order valence-electron chi connectivity index (χ2n) is 6.21. The van der Waals surface area contributed by atoms with Crippen molar-refractivity contribution >= 4 is 0 Å². The Morgan fingerprint density at radius 3 is 2.88 bits per heavy atom. The van der Waals surface area contributed by atoms with Crippen molar-refractivity contribution in [2.75, 3.05) is 0 Å². The van der Waals surface area contributed by atoms with Gasteiger partial charge in [-0.1, -0.05) is 20.8 Å². The minimum Gasteiger partial charge on any atom is -0.307 e. The summed E-state index contributed by atoms with van der Waals surface area (Å²) in [6.45, 7) is 7.89. The Morgan fingerprint density at radius 2 is 2.29 bits per heavy atom. The number of aryl methyl sites for hydroxylation is 1. The first-order chi connectivity index (χ1) is 7.96. The van der Waals surface area contributed by atoms with Crippen LogP contribution in [0, 0.1) is 11.3 Å². The molecule has 4 heteroatoms. The molecule has 0 spiro atoms. The van der Waals surface area contributed by atoms with E-state index < -0.39 is 0 Å². The predicted molar refractivity (Wildman–Crippen MR) is 68.4 cm³/mol. The second-order valence-corrected chi connectivity index (χ2v) is 6.21. The largest absolute Gasteiger partial charge is 0.307 e. The highest BCUT2D eigenvalue weighted by molar-refractivity contribution is 4.89. The Morgan fingerprint density at radius 1 is 1.53 bits per heavy atom. The van der Waals surface area contributed by atoms with E-state index in [0.29, 0.717) is 11.5 Å². The van der Waals surface area contributed by atoms with E-state index in [1.54, 1.807) is 11.0 Å². The van der Waals surface area contributed by atoms with Crippen molar-refractivity contribution in [2.24, 2.45) is 18.4 Å². The van der Waals surface area contributed by atoms with Gasteiger partial charge in [0.1, 0.15) is 6.33 Å². The van der Waals surface area contributed by atoms with E-state index in [9.17, 15) is 0 Å². The second kappa shape index (κ2) is 4.77. The van der Waals surface area contributed by atoms with Crippen molar-refractivity contribution in [3.8, 4) is 0 Å². The molecule has 1 aromatic rings. The molecule has 1 aliphatic rings. The van der Waals surface area contributed by atoms with E-state index in [1.807, 2.05) is 7.05 Å². The molecule has 1 fully saturated rings. The van der Waals surface area contributed by atoms with Gasteiger partial charge in [0.2, 0.25) is 0 Å². The third kappa shape index (κ3) is 3.28. The zero-order valence-corrected chi connectivity index (χ0v) is 11.4. The Kier molecular flexibility index (Phi) is 3.52. The Labute approximate surface area is 104 Å². The standard InChI is InChI=1S/C13H24N4/c1-10-7-13(2,3)6-5-11(10)14-8-12-15-9-17(4)16-12/h9-11,14H,5-8H2,1-4H3. The van der Waals surface area contributed by atoms with Gasteiger partial charge < -0.3 is 5.32 Å². The van der Waals surface area contributed by atoms with Crippen molar-refractivity contribution in [1.29, 1.82) is 0 Å². The summed E-state index contributed by atoms with van der Waals surface area (Å²) in [6.07, 6.45) is 5.64. The minimum atomic E-state index is 0.515. The van der Waals surface area contributed by atoms with Crippen LogP contribution in [0.5, 0.6) is 0 Å². The number of nitrogens with one attached hydrogen (secondary N) is 1. The number of aromatic nitrogens is 3. The molecule has 0 bridgehead atoms. The Bertz CT molecular complexity index is 369. The fourth-order valence-electron chi connectivity index (χ4n) is 2.94. The van der Waals surface area contributed by atoms with Gasteiger partial charge >= 0.3 is 0 Å². The van der Waals surface area contributed by atoms with Gasteiger partial charge in [0.15, 0.2) is 5.82 Å². The molecule has 96 valence electrons. The smallest absolute Gasteiger partial charge is 0.164 e. The van der Waals surface area contributed by atoms with E-state index >= 15 is 0 Å². The molecule has 0 radical (unpaired) electrons. The molecule has 2 atom stereocenters. The van der Waals surface area contributed by atoms with Gasteiger partial charge in [-0.3, -0.25) is 4.68 Å². The molecule has 17 heavy (non-hydrogen) atoms. The summed E-state index contributed by atoms with van der Waals surface area (Å²) >= 11 is 0. The van der Waals surface area contributed by atoms with Crippen molar-refractivity contribution < 1.29 is 0 Å². The first kappa shape index (κ1) is 12.6. The molecule has 2 unspecified atom stereocenters. The summed E-state index contributed by atoms with van der Waals surface area (Å²) in [7, 11) is 1.91. The van der Waals surface area contributed by atoms with Crippen LogP contribution in [0.3, 0.4) is 0 Å². The minimum absolute atomic E-state index is 0.515. The topological polar surface area (TPSA) is 42.7 Å². The summed E-state index contributed by atoms with van der Waals surface area (Å²) in [4.78, 5) is 4.24. The van der Waals surface area contributed by atoms with Crippen molar-refractivity contribution in [2.45, 2.75) is 52.6 Å². The molecule has 0 aliphatic heterocycles. The maximum Gasteiger partial charge on any atom is 0.164 e. The molecule has 4 nitrogen and oxygen atoms in total. The fourth-order valence-corrected chi connectivity index (χ4v) is 2.94. The summed E-state index contributed by atoms with van der Waals surface area (Å²) < 4.78 is 1.75. The lowest BCUT2D eigenvalue weighted by Gasteiger charge is -2.39. The summed E-state index contributed by atoms with van der Waals surface area (Å²) in [5.41, 5.74) is 0.515. The lowest BCUT2D eigenvalue weighted by molar-refractivity contribution is 0.148. The quantitative estimate of drug-likeness (QED) is 0.874. The van der Waals surface area contributed by atoms with Gasteiger partial charge in [0.05, 0.1) is 6.54 Å². The highest BCUT2D eigenvalue weighted by Crippen LogP contribution is 2.38.